The molecule has 0 spiro atoms. The number of aromatic nitrogens is 2. The highest BCUT2D eigenvalue weighted by atomic mass is 16.5. The molecule has 1 aliphatic rings. The molecule has 1 amide bonds. The number of benzene rings is 1. The number of likely N-dealkylation sites (tertiary alicyclic amines) is 1. The maximum Gasteiger partial charge on any atom is 0.252 e. The molecule has 1 aliphatic heterocycles. The number of carbonyl (C=O) groups excluding carboxylic acids is 1. The summed E-state index contributed by atoms with van der Waals surface area (Å²) in [7, 11) is 0. The lowest BCUT2D eigenvalue weighted by atomic mass is 10.1. The lowest BCUT2D eigenvalue weighted by molar-refractivity contribution is -0.135. The van der Waals surface area contributed by atoms with Crippen molar-refractivity contribution in [3.8, 4) is 0 Å². The van der Waals surface area contributed by atoms with E-state index in [1.165, 1.54) is 5.56 Å². The molecule has 1 unspecified atom stereocenters. The van der Waals surface area contributed by atoms with Crippen LogP contribution < -0.4 is 0 Å². The van der Waals surface area contributed by atoms with Gasteiger partial charge >= 0.3 is 0 Å². The standard InChI is InChI=1S/C18H23N3O3/c1-14-19-17(24-20-14)13-23-16-8-5-11-21(12-16)18(22)10-9-15-6-3-2-4-7-15/h2-4,6-7,16H,5,8-13H2,1H3. The molecule has 2 heterocycles. The van der Waals surface area contributed by atoms with E-state index in [1.54, 1.807) is 6.92 Å². The number of aryl methyl sites for hydroxylation is 2. The summed E-state index contributed by atoms with van der Waals surface area (Å²) in [5.74, 6) is 1.29. The Morgan fingerprint density at radius 1 is 1.38 bits per heavy atom. The van der Waals surface area contributed by atoms with Gasteiger partial charge in [0.1, 0.15) is 6.61 Å². The third-order valence-electron chi connectivity index (χ3n) is 4.21. The first-order chi connectivity index (χ1) is 11.7. The number of amides is 1. The molecule has 1 atom stereocenters. The molecule has 0 saturated carbocycles. The minimum Gasteiger partial charge on any atom is -0.367 e. The highest BCUT2D eigenvalue weighted by molar-refractivity contribution is 5.76. The normalized spacial score (nSPS) is 17.9. The molecule has 6 nitrogen and oxygen atoms in total. The molecule has 0 bridgehead atoms. The summed E-state index contributed by atoms with van der Waals surface area (Å²) in [6.45, 7) is 3.53. The van der Waals surface area contributed by atoms with Gasteiger partial charge in [-0.05, 0) is 31.7 Å². The van der Waals surface area contributed by atoms with Crippen LogP contribution in [0.2, 0.25) is 0 Å². The molecule has 2 aromatic rings. The van der Waals surface area contributed by atoms with Crippen LogP contribution in [0.3, 0.4) is 0 Å². The number of hydrogen-bond acceptors (Lipinski definition) is 5. The molecule has 1 fully saturated rings. The number of ether oxygens (including phenoxy) is 1. The Morgan fingerprint density at radius 2 is 2.21 bits per heavy atom. The summed E-state index contributed by atoms with van der Waals surface area (Å²) in [5.41, 5.74) is 1.20. The zero-order valence-corrected chi connectivity index (χ0v) is 14.0. The van der Waals surface area contributed by atoms with Gasteiger partial charge in [0.05, 0.1) is 6.10 Å². The van der Waals surface area contributed by atoms with Crippen LogP contribution in [0.4, 0.5) is 0 Å². The number of hydrogen-bond donors (Lipinski definition) is 0. The molecular weight excluding hydrogens is 306 g/mol. The summed E-state index contributed by atoms with van der Waals surface area (Å²) < 4.78 is 10.9. The second-order valence-electron chi connectivity index (χ2n) is 6.14. The smallest absolute Gasteiger partial charge is 0.252 e. The molecule has 24 heavy (non-hydrogen) atoms. The second-order valence-corrected chi connectivity index (χ2v) is 6.14. The summed E-state index contributed by atoms with van der Waals surface area (Å²) in [6, 6.07) is 10.1. The predicted molar refractivity (Wildman–Crippen MR) is 88.2 cm³/mol. The Bertz CT molecular complexity index is 657. The largest absolute Gasteiger partial charge is 0.367 e. The SMILES string of the molecule is Cc1noc(COC2CCCN(C(=O)CCc3ccccc3)C2)n1. The number of rotatable bonds is 6. The first-order valence-electron chi connectivity index (χ1n) is 8.43. The second kappa shape index (κ2) is 8.06. The highest BCUT2D eigenvalue weighted by Gasteiger charge is 2.24. The average Bonchev–Trinajstić information content (AvgIpc) is 3.04. The van der Waals surface area contributed by atoms with Crippen molar-refractivity contribution in [2.24, 2.45) is 0 Å². The maximum absolute atomic E-state index is 12.4. The Morgan fingerprint density at radius 3 is 2.96 bits per heavy atom. The first kappa shape index (κ1) is 16.6. The van der Waals surface area contributed by atoms with Gasteiger partial charge < -0.3 is 14.2 Å². The van der Waals surface area contributed by atoms with Gasteiger partial charge in [-0.25, -0.2) is 0 Å². The van der Waals surface area contributed by atoms with Gasteiger partial charge in [0, 0.05) is 19.5 Å². The van der Waals surface area contributed by atoms with Crippen molar-refractivity contribution in [3.63, 3.8) is 0 Å². The molecule has 0 N–H and O–H groups in total. The van der Waals surface area contributed by atoms with Crippen LogP contribution in [-0.4, -0.2) is 40.1 Å². The van der Waals surface area contributed by atoms with E-state index in [4.69, 9.17) is 9.26 Å². The van der Waals surface area contributed by atoms with E-state index in [0.717, 1.165) is 25.8 Å². The van der Waals surface area contributed by atoms with Crippen LogP contribution in [0.5, 0.6) is 0 Å². The van der Waals surface area contributed by atoms with Crippen LogP contribution in [0.15, 0.2) is 34.9 Å². The lowest BCUT2D eigenvalue weighted by Crippen LogP contribution is -2.43. The van der Waals surface area contributed by atoms with Crippen molar-refractivity contribution in [3.05, 3.63) is 47.6 Å². The van der Waals surface area contributed by atoms with E-state index in [0.29, 0.717) is 31.3 Å². The van der Waals surface area contributed by atoms with E-state index >= 15 is 0 Å². The van der Waals surface area contributed by atoms with Gasteiger partial charge in [-0.3, -0.25) is 4.79 Å². The van der Waals surface area contributed by atoms with Gasteiger partial charge in [-0.1, -0.05) is 35.5 Å². The van der Waals surface area contributed by atoms with Gasteiger partial charge in [0.15, 0.2) is 5.82 Å². The van der Waals surface area contributed by atoms with E-state index < -0.39 is 0 Å². The quantitative estimate of drug-likeness (QED) is 0.814. The summed E-state index contributed by atoms with van der Waals surface area (Å²) in [5, 5.41) is 3.75. The number of nitrogens with zero attached hydrogens (tertiary/aromatic N) is 3. The average molecular weight is 329 g/mol. The van der Waals surface area contributed by atoms with Gasteiger partial charge in [-0.2, -0.15) is 4.98 Å². The van der Waals surface area contributed by atoms with Crippen LogP contribution >= 0.6 is 0 Å². The number of piperidine rings is 1. The minimum absolute atomic E-state index is 0.0339. The molecule has 1 aromatic carbocycles. The highest BCUT2D eigenvalue weighted by Crippen LogP contribution is 2.16. The Hall–Kier alpha value is -2.21. The molecule has 3 rings (SSSR count). The van der Waals surface area contributed by atoms with Crippen molar-refractivity contribution in [1.82, 2.24) is 15.0 Å². The fraction of sp³-hybridized carbons (Fsp3) is 0.500. The topological polar surface area (TPSA) is 68.5 Å². The van der Waals surface area contributed by atoms with Crippen LogP contribution in [0.1, 0.15) is 36.5 Å². The summed E-state index contributed by atoms with van der Waals surface area (Å²) in [6.07, 6.45) is 3.27. The van der Waals surface area contributed by atoms with Gasteiger partial charge in [0.25, 0.3) is 5.89 Å². The fourth-order valence-electron chi connectivity index (χ4n) is 2.94. The predicted octanol–water partition coefficient (Wildman–Crippen LogP) is 2.52. The third-order valence-corrected chi connectivity index (χ3v) is 4.21. The minimum atomic E-state index is 0.0339. The first-order valence-corrected chi connectivity index (χ1v) is 8.43. The fourth-order valence-corrected chi connectivity index (χ4v) is 2.94. The number of carbonyl (C=O) groups is 1. The van der Waals surface area contributed by atoms with E-state index in [2.05, 4.69) is 22.3 Å². The maximum atomic E-state index is 12.4. The molecular formula is C18H23N3O3. The van der Waals surface area contributed by atoms with E-state index in [9.17, 15) is 4.79 Å². The van der Waals surface area contributed by atoms with Crippen LogP contribution in [0.25, 0.3) is 0 Å². The van der Waals surface area contributed by atoms with Crippen molar-refractivity contribution in [2.45, 2.75) is 45.3 Å². The van der Waals surface area contributed by atoms with E-state index in [1.807, 2.05) is 23.1 Å². The monoisotopic (exact) mass is 329 g/mol. The van der Waals surface area contributed by atoms with Crippen molar-refractivity contribution in [2.75, 3.05) is 13.1 Å². The zero-order valence-electron chi connectivity index (χ0n) is 14.0. The van der Waals surface area contributed by atoms with E-state index in [-0.39, 0.29) is 12.0 Å². The molecule has 0 aliphatic carbocycles. The molecule has 1 aromatic heterocycles. The zero-order chi connectivity index (χ0) is 16.8. The van der Waals surface area contributed by atoms with Crippen molar-refractivity contribution < 1.29 is 14.1 Å². The lowest BCUT2D eigenvalue weighted by Gasteiger charge is -2.32. The Balaban J connectivity index is 1.45. The summed E-state index contributed by atoms with van der Waals surface area (Å²) >= 11 is 0. The van der Waals surface area contributed by atoms with Crippen molar-refractivity contribution in [1.29, 1.82) is 0 Å². The molecule has 0 radical (unpaired) electrons. The van der Waals surface area contributed by atoms with Gasteiger partial charge in [-0.15, -0.1) is 0 Å². The van der Waals surface area contributed by atoms with Crippen LogP contribution in [-0.2, 0) is 22.6 Å². The van der Waals surface area contributed by atoms with Crippen LogP contribution in [0, 0.1) is 6.92 Å². The van der Waals surface area contributed by atoms with Gasteiger partial charge in [0.2, 0.25) is 5.91 Å². The summed E-state index contributed by atoms with van der Waals surface area (Å²) in [4.78, 5) is 18.5. The Labute approximate surface area is 141 Å². The molecule has 6 heteroatoms. The Kier molecular flexibility index (Phi) is 5.59. The molecule has 128 valence electrons. The molecule has 1 saturated heterocycles. The van der Waals surface area contributed by atoms with Crippen molar-refractivity contribution >= 4 is 5.91 Å². The third kappa shape index (κ3) is 4.64.